The Bertz CT molecular complexity index is 435. The largest absolute Gasteiger partial charge is 0.372 e. The van der Waals surface area contributed by atoms with Crippen molar-refractivity contribution in [3.63, 3.8) is 0 Å². The van der Waals surface area contributed by atoms with Crippen LogP contribution >= 0.6 is 0 Å². The van der Waals surface area contributed by atoms with Gasteiger partial charge in [-0.15, -0.1) is 0 Å². The Morgan fingerprint density at radius 3 is 2.83 bits per heavy atom. The highest BCUT2D eigenvalue weighted by atomic mass is 16.2. The molecule has 1 fully saturated rings. The van der Waals surface area contributed by atoms with Crippen molar-refractivity contribution in [3.8, 4) is 0 Å². The highest BCUT2D eigenvalue weighted by Crippen LogP contribution is 2.05. The number of carbonyl (C=O) groups is 2. The van der Waals surface area contributed by atoms with Crippen molar-refractivity contribution in [1.29, 1.82) is 0 Å². The van der Waals surface area contributed by atoms with E-state index in [2.05, 4.69) is 25.9 Å². The van der Waals surface area contributed by atoms with E-state index in [-0.39, 0.29) is 23.6 Å². The zero-order valence-corrected chi connectivity index (χ0v) is 10.1. The number of nitrogens with zero attached hydrogens (tertiary/aromatic N) is 2. The minimum absolute atomic E-state index is 0.0265. The van der Waals surface area contributed by atoms with Crippen LogP contribution in [0.4, 0.5) is 5.82 Å². The second kappa shape index (κ2) is 5.44. The standard InChI is InChI=1S/C11H15N5O2/c1-12-9-6-13-8(5-14-9)11(18)16-7-2-3-10(17)15-4-7/h5-7H,2-4H2,1H3,(H,12,14)(H,15,17)(H,16,18). The summed E-state index contributed by atoms with van der Waals surface area (Å²) in [5, 5.41) is 8.35. The molecule has 1 saturated heterocycles. The third-order valence-electron chi connectivity index (χ3n) is 2.74. The van der Waals surface area contributed by atoms with Gasteiger partial charge in [0.15, 0.2) is 0 Å². The number of amides is 2. The van der Waals surface area contributed by atoms with Crippen molar-refractivity contribution >= 4 is 17.6 Å². The van der Waals surface area contributed by atoms with Crippen LogP contribution in [0.3, 0.4) is 0 Å². The van der Waals surface area contributed by atoms with E-state index < -0.39 is 0 Å². The molecule has 96 valence electrons. The van der Waals surface area contributed by atoms with E-state index in [1.807, 2.05) is 0 Å². The quantitative estimate of drug-likeness (QED) is 0.673. The number of hydrogen-bond acceptors (Lipinski definition) is 5. The van der Waals surface area contributed by atoms with Crippen LogP contribution in [0.25, 0.3) is 0 Å². The van der Waals surface area contributed by atoms with Crippen LogP contribution in [-0.2, 0) is 4.79 Å². The molecular weight excluding hydrogens is 234 g/mol. The molecular formula is C11H15N5O2. The maximum Gasteiger partial charge on any atom is 0.271 e. The SMILES string of the molecule is CNc1cnc(C(=O)NC2CCC(=O)NC2)cn1. The molecule has 2 rings (SSSR count). The Morgan fingerprint density at radius 1 is 1.44 bits per heavy atom. The molecule has 0 saturated carbocycles. The van der Waals surface area contributed by atoms with E-state index in [0.717, 1.165) is 0 Å². The number of piperidine rings is 1. The highest BCUT2D eigenvalue weighted by Gasteiger charge is 2.20. The van der Waals surface area contributed by atoms with E-state index >= 15 is 0 Å². The molecule has 0 bridgehead atoms. The first-order chi connectivity index (χ1) is 8.69. The lowest BCUT2D eigenvalue weighted by molar-refractivity contribution is -0.122. The first-order valence-corrected chi connectivity index (χ1v) is 5.76. The lowest BCUT2D eigenvalue weighted by Crippen LogP contribution is -2.47. The zero-order chi connectivity index (χ0) is 13.0. The normalized spacial score (nSPS) is 18.9. The van der Waals surface area contributed by atoms with Gasteiger partial charge in [0, 0.05) is 26.1 Å². The Labute approximate surface area is 104 Å². The van der Waals surface area contributed by atoms with E-state index in [0.29, 0.717) is 25.2 Å². The number of rotatable bonds is 3. The lowest BCUT2D eigenvalue weighted by atomic mass is 10.1. The molecule has 1 aliphatic rings. The van der Waals surface area contributed by atoms with Crippen LogP contribution in [0.1, 0.15) is 23.3 Å². The molecule has 7 nitrogen and oxygen atoms in total. The fourth-order valence-electron chi connectivity index (χ4n) is 1.69. The number of hydrogen-bond donors (Lipinski definition) is 3. The molecule has 1 aliphatic heterocycles. The molecule has 2 amide bonds. The van der Waals surface area contributed by atoms with Gasteiger partial charge in [-0.25, -0.2) is 9.97 Å². The molecule has 2 heterocycles. The fraction of sp³-hybridized carbons (Fsp3) is 0.455. The predicted octanol–water partition coefficient (Wildman–Crippen LogP) is -0.473. The van der Waals surface area contributed by atoms with Crippen LogP contribution in [0.5, 0.6) is 0 Å². The first kappa shape index (κ1) is 12.3. The molecule has 1 aromatic heterocycles. The predicted molar refractivity (Wildman–Crippen MR) is 65.1 cm³/mol. The molecule has 0 radical (unpaired) electrons. The highest BCUT2D eigenvalue weighted by molar-refractivity contribution is 5.92. The summed E-state index contributed by atoms with van der Waals surface area (Å²) in [5.74, 6) is 0.362. The maximum atomic E-state index is 11.8. The third-order valence-corrected chi connectivity index (χ3v) is 2.74. The van der Waals surface area contributed by atoms with Gasteiger partial charge in [-0.1, -0.05) is 0 Å². The molecule has 3 N–H and O–H groups in total. The van der Waals surface area contributed by atoms with E-state index in [9.17, 15) is 9.59 Å². The lowest BCUT2D eigenvalue weighted by Gasteiger charge is -2.23. The molecule has 0 aliphatic carbocycles. The zero-order valence-electron chi connectivity index (χ0n) is 10.1. The molecule has 18 heavy (non-hydrogen) atoms. The van der Waals surface area contributed by atoms with Gasteiger partial charge in [-0.05, 0) is 6.42 Å². The Balaban J connectivity index is 1.92. The molecule has 1 unspecified atom stereocenters. The molecule has 0 spiro atoms. The van der Waals surface area contributed by atoms with Gasteiger partial charge in [0.2, 0.25) is 5.91 Å². The summed E-state index contributed by atoms with van der Waals surface area (Å²) >= 11 is 0. The minimum Gasteiger partial charge on any atom is -0.372 e. The summed E-state index contributed by atoms with van der Waals surface area (Å²) in [6.45, 7) is 0.465. The van der Waals surface area contributed by atoms with Gasteiger partial charge in [0.25, 0.3) is 5.91 Å². The van der Waals surface area contributed by atoms with E-state index in [1.165, 1.54) is 12.4 Å². The van der Waals surface area contributed by atoms with Gasteiger partial charge in [0.1, 0.15) is 11.5 Å². The number of aromatic nitrogens is 2. The Hall–Kier alpha value is -2.18. The second-order valence-electron chi connectivity index (χ2n) is 4.05. The summed E-state index contributed by atoms with van der Waals surface area (Å²) in [6.07, 6.45) is 4.01. The second-order valence-corrected chi connectivity index (χ2v) is 4.05. The van der Waals surface area contributed by atoms with Gasteiger partial charge < -0.3 is 16.0 Å². The van der Waals surface area contributed by atoms with Crippen molar-refractivity contribution in [2.45, 2.75) is 18.9 Å². The summed E-state index contributed by atoms with van der Waals surface area (Å²) < 4.78 is 0. The first-order valence-electron chi connectivity index (χ1n) is 5.76. The topological polar surface area (TPSA) is 96.0 Å². The van der Waals surface area contributed by atoms with Gasteiger partial charge >= 0.3 is 0 Å². The smallest absolute Gasteiger partial charge is 0.271 e. The number of carbonyl (C=O) groups excluding carboxylic acids is 2. The molecule has 1 atom stereocenters. The van der Waals surface area contributed by atoms with Crippen molar-refractivity contribution < 1.29 is 9.59 Å². The van der Waals surface area contributed by atoms with Crippen molar-refractivity contribution in [2.24, 2.45) is 0 Å². The number of anilines is 1. The van der Waals surface area contributed by atoms with Crippen molar-refractivity contribution in [3.05, 3.63) is 18.1 Å². The van der Waals surface area contributed by atoms with E-state index in [4.69, 9.17) is 0 Å². The van der Waals surface area contributed by atoms with Crippen LogP contribution < -0.4 is 16.0 Å². The van der Waals surface area contributed by atoms with Gasteiger partial charge in [-0.2, -0.15) is 0 Å². The Morgan fingerprint density at radius 2 is 2.28 bits per heavy atom. The van der Waals surface area contributed by atoms with Gasteiger partial charge in [-0.3, -0.25) is 9.59 Å². The number of nitrogens with one attached hydrogen (secondary N) is 3. The van der Waals surface area contributed by atoms with Crippen LogP contribution in [0.2, 0.25) is 0 Å². The average Bonchev–Trinajstić information content (AvgIpc) is 2.41. The molecule has 7 heteroatoms. The summed E-state index contributed by atoms with van der Waals surface area (Å²) in [5.41, 5.74) is 0.269. The summed E-state index contributed by atoms with van der Waals surface area (Å²) in [4.78, 5) is 30.9. The van der Waals surface area contributed by atoms with Crippen LogP contribution in [0, 0.1) is 0 Å². The average molecular weight is 249 g/mol. The van der Waals surface area contributed by atoms with Crippen LogP contribution in [-0.4, -0.2) is 41.4 Å². The summed E-state index contributed by atoms with van der Waals surface area (Å²) in [7, 11) is 1.73. The monoisotopic (exact) mass is 249 g/mol. The van der Waals surface area contributed by atoms with Crippen molar-refractivity contribution in [2.75, 3.05) is 18.9 Å². The third kappa shape index (κ3) is 2.93. The molecule has 1 aromatic rings. The summed E-state index contributed by atoms with van der Waals surface area (Å²) in [6, 6.07) is -0.0408. The van der Waals surface area contributed by atoms with Gasteiger partial charge in [0.05, 0.1) is 12.4 Å². The fourth-order valence-corrected chi connectivity index (χ4v) is 1.69. The Kier molecular flexibility index (Phi) is 3.71. The van der Waals surface area contributed by atoms with E-state index in [1.54, 1.807) is 7.05 Å². The molecule has 0 aromatic carbocycles. The van der Waals surface area contributed by atoms with Crippen LogP contribution in [0.15, 0.2) is 12.4 Å². The minimum atomic E-state index is -0.272. The van der Waals surface area contributed by atoms with Crippen molar-refractivity contribution in [1.82, 2.24) is 20.6 Å². The maximum absolute atomic E-state index is 11.8.